The van der Waals surface area contributed by atoms with Crippen molar-refractivity contribution in [3.8, 4) is 11.3 Å². The zero-order valence-electron chi connectivity index (χ0n) is 6.95. The van der Waals surface area contributed by atoms with Crippen molar-refractivity contribution < 1.29 is 13.3 Å². The molecule has 0 fully saturated rings. The van der Waals surface area contributed by atoms with E-state index in [1.165, 1.54) is 0 Å². The first-order valence-electron chi connectivity index (χ1n) is 3.77. The highest BCUT2D eigenvalue weighted by Gasteiger charge is 2.16. The highest BCUT2D eigenvalue weighted by atomic mass is 32.2. The van der Waals surface area contributed by atoms with Crippen LogP contribution in [-0.2, 0) is 11.1 Å². The van der Waals surface area contributed by atoms with Crippen LogP contribution in [0.1, 0.15) is 0 Å². The van der Waals surface area contributed by atoms with Crippen molar-refractivity contribution in [2.75, 3.05) is 0 Å². The lowest BCUT2D eigenvalue weighted by atomic mass is 10.2. The van der Waals surface area contributed by atoms with Crippen LogP contribution in [0.2, 0.25) is 0 Å². The van der Waals surface area contributed by atoms with E-state index >= 15 is 0 Å². The van der Waals surface area contributed by atoms with Crippen molar-refractivity contribution in [1.29, 1.82) is 0 Å². The predicted octanol–water partition coefficient (Wildman–Crippen LogP) is 1.32. The standard InChI is InChI=1S/C8H6N2O3S/c11-14(12)8-7(9-10-13-8)6-4-2-1-3-5-6/h1-5H,(H,11,12). The van der Waals surface area contributed by atoms with Crippen LogP contribution in [0.4, 0.5) is 0 Å². The van der Waals surface area contributed by atoms with Crippen LogP contribution in [0, 0.1) is 0 Å². The molecule has 2 rings (SSSR count). The Kier molecular flexibility index (Phi) is 2.38. The van der Waals surface area contributed by atoms with E-state index in [4.69, 9.17) is 4.55 Å². The van der Waals surface area contributed by atoms with Gasteiger partial charge in [-0.1, -0.05) is 30.3 Å². The van der Waals surface area contributed by atoms with Crippen LogP contribution in [0.5, 0.6) is 0 Å². The monoisotopic (exact) mass is 210 g/mol. The Hall–Kier alpha value is -1.53. The molecule has 5 nitrogen and oxygen atoms in total. The van der Waals surface area contributed by atoms with Crippen LogP contribution in [0.15, 0.2) is 39.9 Å². The topological polar surface area (TPSA) is 76.2 Å². The van der Waals surface area contributed by atoms with Crippen molar-refractivity contribution >= 4 is 11.1 Å². The van der Waals surface area contributed by atoms with Gasteiger partial charge in [0, 0.05) is 10.8 Å². The first-order valence-corrected chi connectivity index (χ1v) is 4.88. The van der Waals surface area contributed by atoms with Crippen LogP contribution in [0.25, 0.3) is 11.3 Å². The first-order chi connectivity index (χ1) is 6.79. The second-order valence-electron chi connectivity index (χ2n) is 2.52. The van der Waals surface area contributed by atoms with Gasteiger partial charge in [-0.15, -0.1) is 5.10 Å². The SMILES string of the molecule is O=S(O)c1onnc1-c1ccccc1. The molecule has 0 aliphatic heterocycles. The third-order valence-electron chi connectivity index (χ3n) is 1.66. The highest BCUT2D eigenvalue weighted by Crippen LogP contribution is 2.22. The molecule has 0 bridgehead atoms. The second kappa shape index (κ2) is 3.69. The number of hydrogen-bond acceptors (Lipinski definition) is 4. The number of aromatic nitrogens is 2. The van der Waals surface area contributed by atoms with E-state index in [2.05, 4.69) is 14.9 Å². The molecule has 0 saturated carbocycles. The fourth-order valence-corrected chi connectivity index (χ4v) is 1.49. The van der Waals surface area contributed by atoms with E-state index in [-0.39, 0.29) is 5.09 Å². The molecule has 1 aromatic heterocycles. The molecule has 72 valence electrons. The minimum atomic E-state index is -2.20. The number of benzene rings is 1. The summed E-state index contributed by atoms with van der Waals surface area (Å²) in [5.41, 5.74) is 0.998. The van der Waals surface area contributed by atoms with Gasteiger partial charge in [0.1, 0.15) is 0 Å². The molecule has 0 amide bonds. The van der Waals surface area contributed by atoms with Crippen LogP contribution in [-0.4, -0.2) is 19.1 Å². The van der Waals surface area contributed by atoms with Gasteiger partial charge in [0.25, 0.3) is 5.09 Å². The molecule has 2 aromatic rings. The Morgan fingerprint density at radius 3 is 2.64 bits per heavy atom. The molecule has 0 saturated heterocycles. The van der Waals surface area contributed by atoms with Crippen molar-refractivity contribution in [2.45, 2.75) is 5.09 Å². The van der Waals surface area contributed by atoms with E-state index in [0.29, 0.717) is 11.3 Å². The average Bonchev–Trinajstić information content (AvgIpc) is 2.67. The smallest absolute Gasteiger partial charge is 0.278 e. The molecular formula is C8H6N2O3S. The van der Waals surface area contributed by atoms with E-state index < -0.39 is 11.1 Å². The van der Waals surface area contributed by atoms with Gasteiger partial charge in [-0.05, 0) is 0 Å². The van der Waals surface area contributed by atoms with Gasteiger partial charge in [0.05, 0.1) is 0 Å². The third kappa shape index (κ3) is 1.57. The summed E-state index contributed by atoms with van der Waals surface area (Å²) >= 11 is -2.20. The number of rotatable bonds is 2. The zero-order chi connectivity index (χ0) is 9.97. The highest BCUT2D eigenvalue weighted by molar-refractivity contribution is 7.79. The van der Waals surface area contributed by atoms with Gasteiger partial charge >= 0.3 is 0 Å². The maximum atomic E-state index is 10.8. The Morgan fingerprint density at radius 2 is 2.00 bits per heavy atom. The number of nitrogens with zero attached hydrogens (tertiary/aromatic N) is 2. The summed E-state index contributed by atoms with van der Waals surface area (Å²) in [6, 6.07) is 8.96. The van der Waals surface area contributed by atoms with Crippen molar-refractivity contribution in [1.82, 2.24) is 10.4 Å². The Morgan fingerprint density at radius 1 is 1.29 bits per heavy atom. The summed E-state index contributed by atoms with van der Waals surface area (Å²) in [6.07, 6.45) is 0. The second-order valence-corrected chi connectivity index (χ2v) is 3.39. The molecule has 1 N–H and O–H groups in total. The van der Waals surface area contributed by atoms with Gasteiger partial charge in [0.15, 0.2) is 5.69 Å². The minimum absolute atomic E-state index is 0.129. The molecule has 0 radical (unpaired) electrons. The van der Waals surface area contributed by atoms with E-state index in [0.717, 1.165) is 0 Å². The molecule has 1 heterocycles. The fourth-order valence-electron chi connectivity index (χ4n) is 1.07. The van der Waals surface area contributed by atoms with Crippen molar-refractivity contribution in [2.24, 2.45) is 0 Å². The summed E-state index contributed by atoms with van der Waals surface area (Å²) in [6.45, 7) is 0. The minimum Gasteiger partial charge on any atom is -0.324 e. The summed E-state index contributed by atoms with van der Waals surface area (Å²) in [5.74, 6) is 0. The molecule has 0 aliphatic carbocycles. The molecule has 1 aromatic carbocycles. The third-order valence-corrected chi connectivity index (χ3v) is 2.25. The molecule has 6 heteroatoms. The van der Waals surface area contributed by atoms with Gasteiger partial charge in [-0.3, -0.25) is 4.55 Å². The normalized spacial score (nSPS) is 12.6. The zero-order valence-corrected chi connectivity index (χ0v) is 7.77. The fraction of sp³-hybridized carbons (Fsp3) is 0. The molecule has 0 aliphatic rings. The van der Waals surface area contributed by atoms with Gasteiger partial charge < -0.3 is 4.52 Å². The maximum Gasteiger partial charge on any atom is 0.278 e. The Labute approximate surface area is 82.0 Å². The quantitative estimate of drug-likeness (QED) is 0.756. The molecule has 0 spiro atoms. The van der Waals surface area contributed by atoms with E-state index in [1.807, 2.05) is 6.07 Å². The lowest BCUT2D eigenvalue weighted by molar-refractivity contribution is 0.320. The Bertz CT molecular complexity index is 455. The average molecular weight is 210 g/mol. The van der Waals surface area contributed by atoms with E-state index in [9.17, 15) is 4.21 Å². The van der Waals surface area contributed by atoms with Gasteiger partial charge in [0.2, 0.25) is 11.1 Å². The largest absolute Gasteiger partial charge is 0.324 e. The lowest BCUT2D eigenvalue weighted by Crippen LogP contribution is -1.89. The molecular weight excluding hydrogens is 204 g/mol. The van der Waals surface area contributed by atoms with Crippen LogP contribution in [0.3, 0.4) is 0 Å². The molecule has 1 unspecified atom stereocenters. The lowest BCUT2D eigenvalue weighted by Gasteiger charge is -1.94. The summed E-state index contributed by atoms with van der Waals surface area (Å²) in [5, 5.41) is 6.75. The Balaban J connectivity index is 2.52. The van der Waals surface area contributed by atoms with Crippen LogP contribution >= 0.6 is 0 Å². The number of hydrogen-bond donors (Lipinski definition) is 1. The van der Waals surface area contributed by atoms with Crippen LogP contribution < -0.4 is 0 Å². The first kappa shape index (κ1) is 9.04. The van der Waals surface area contributed by atoms with Crippen molar-refractivity contribution in [3.63, 3.8) is 0 Å². The summed E-state index contributed by atoms with van der Waals surface area (Å²) in [4.78, 5) is 0. The maximum absolute atomic E-state index is 10.8. The molecule has 1 atom stereocenters. The predicted molar refractivity (Wildman–Crippen MR) is 48.8 cm³/mol. The van der Waals surface area contributed by atoms with Crippen molar-refractivity contribution in [3.05, 3.63) is 30.3 Å². The molecule has 14 heavy (non-hydrogen) atoms. The van der Waals surface area contributed by atoms with E-state index in [1.54, 1.807) is 24.3 Å². The van der Waals surface area contributed by atoms with Gasteiger partial charge in [-0.2, -0.15) is 0 Å². The van der Waals surface area contributed by atoms with Gasteiger partial charge in [-0.25, -0.2) is 4.21 Å². The summed E-state index contributed by atoms with van der Waals surface area (Å²) in [7, 11) is 0. The summed E-state index contributed by atoms with van der Waals surface area (Å²) < 4.78 is 24.2.